The summed E-state index contributed by atoms with van der Waals surface area (Å²) in [6.07, 6.45) is 0.907. The highest BCUT2D eigenvalue weighted by molar-refractivity contribution is 5.86. The molecule has 2 amide bonds. The van der Waals surface area contributed by atoms with Gasteiger partial charge in [0.2, 0.25) is 5.91 Å². The maximum atomic E-state index is 13.2. The number of β-amino-alcohol motifs (C(OH)–C–C–N with tert-alkyl or cyclic N) is 1. The lowest BCUT2D eigenvalue weighted by molar-refractivity contribution is -0.150. The predicted octanol–water partition coefficient (Wildman–Crippen LogP) is 1.12. The molecule has 2 rings (SSSR count). The molecule has 120 valence electrons. The predicted molar refractivity (Wildman–Crippen MR) is 79.4 cm³/mol. The van der Waals surface area contributed by atoms with Crippen LogP contribution in [-0.4, -0.2) is 40.5 Å². The summed E-state index contributed by atoms with van der Waals surface area (Å²) < 4.78 is 13.2. The first-order valence-corrected chi connectivity index (χ1v) is 7.33. The minimum absolute atomic E-state index is 0.0105. The van der Waals surface area contributed by atoms with E-state index in [1.807, 2.05) is 0 Å². The SMILES string of the molecule is CC(=O)N1CCC[C@](O)(C(=O)NCc2ccc(F)c(C)c2)C1. The summed E-state index contributed by atoms with van der Waals surface area (Å²) in [5, 5.41) is 13.1. The average molecular weight is 308 g/mol. The normalized spacial score (nSPS) is 21.5. The second-order valence-corrected chi connectivity index (χ2v) is 5.84. The Morgan fingerprint density at radius 1 is 1.45 bits per heavy atom. The van der Waals surface area contributed by atoms with Gasteiger partial charge in [0.15, 0.2) is 5.60 Å². The van der Waals surface area contributed by atoms with Crippen LogP contribution in [0.5, 0.6) is 0 Å². The van der Waals surface area contributed by atoms with Crippen LogP contribution in [0.2, 0.25) is 0 Å². The van der Waals surface area contributed by atoms with Gasteiger partial charge in [0.1, 0.15) is 5.82 Å². The van der Waals surface area contributed by atoms with Crippen LogP contribution in [0.15, 0.2) is 18.2 Å². The second kappa shape index (κ2) is 6.44. The quantitative estimate of drug-likeness (QED) is 0.879. The van der Waals surface area contributed by atoms with Crippen LogP contribution >= 0.6 is 0 Å². The number of nitrogens with one attached hydrogen (secondary N) is 1. The molecule has 22 heavy (non-hydrogen) atoms. The number of benzene rings is 1. The van der Waals surface area contributed by atoms with E-state index in [1.54, 1.807) is 19.1 Å². The van der Waals surface area contributed by atoms with Crippen molar-refractivity contribution in [3.05, 3.63) is 35.1 Å². The molecule has 0 spiro atoms. The Hall–Kier alpha value is -1.95. The molecular formula is C16H21FN2O3. The number of aliphatic hydroxyl groups is 1. The molecular weight excluding hydrogens is 287 g/mol. The van der Waals surface area contributed by atoms with Gasteiger partial charge in [-0.1, -0.05) is 12.1 Å². The molecule has 5 nitrogen and oxygen atoms in total. The van der Waals surface area contributed by atoms with E-state index in [1.165, 1.54) is 17.9 Å². The smallest absolute Gasteiger partial charge is 0.254 e. The Kier molecular flexibility index (Phi) is 4.81. The van der Waals surface area contributed by atoms with E-state index in [-0.39, 0.29) is 24.8 Å². The first-order chi connectivity index (χ1) is 10.3. The van der Waals surface area contributed by atoms with Gasteiger partial charge in [0.05, 0.1) is 6.54 Å². The Balaban J connectivity index is 1.98. The first-order valence-electron chi connectivity index (χ1n) is 7.33. The fourth-order valence-electron chi connectivity index (χ4n) is 2.65. The first kappa shape index (κ1) is 16.4. The molecule has 1 aromatic rings. The number of halogens is 1. The lowest BCUT2D eigenvalue weighted by Gasteiger charge is -2.37. The third kappa shape index (κ3) is 3.62. The molecule has 0 saturated carbocycles. The number of carbonyl (C=O) groups is 2. The number of hydrogen-bond acceptors (Lipinski definition) is 3. The summed E-state index contributed by atoms with van der Waals surface area (Å²) >= 11 is 0. The molecule has 0 unspecified atom stereocenters. The fourth-order valence-corrected chi connectivity index (χ4v) is 2.65. The molecule has 1 saturated heterocycles. The van der Waals surface area contributed by atoms with Crippen LogP contribution in [0.3, 0.4) is 0 Å². The van der Waals surface area contributed by atoms with E-state index in [4.69, 9.17) is 0 Å². The zero-order valence-corrected chi connectivity index (χ0v) is 12.9. The number of amides is 2. The summed E-state index contributed by atoms with van der Waals surface area (Å²) in [7, 11) is 0. The van der Waals surface area contributed by atoms with E-state index in [0.717, 1.165) is 5.56 Å². The highest BCUT2D eigenvalue weighted by Gasteiger charge is 2.40. The van der Waals surface area contributed by atoms with Gasteiger partial charge in [-0.15, -0.1) is 0 Å². The monoisotopic (exact) mass is 308 g/mol. The van der Waals surface area contributed by atoms with Crippen LogP contribution < -0.4 is 5.32 Å². The lowest BCUT2D eigenvalue weighted by Crippen LogP contribution is -2.57. The highest BCUT2D eigenvalue weighted by atomic mass is 19.1. The third-order valence-electron chi connectivity index (χ3n) is 4.01. The zero-order valence-electron chi connectivity index (χ0n) is 12.9. The lowest BCUT2D eigenvalue weighted by atomic mass is 9.91. The van der Waals surface area contributed by atoms with Crippen molar-refractivity contribution in [2.24, 2.45) is 0 Å². The minimum Gasteiger partial charge on any atom is -0.378 e. The molecule has 0 aromatic heterocycles. The second-order valence-electron chi connectivity index (χ2n) is 5.84. The van der Waals surface area contributed by atoms with Crippen molar-refractivity contribution in [2.75, 3.05) is 13.1 Å². The summed E-state index contributed by atoms with van der Waals surface area (Å²) in [5.74, 6) is -0.946. The van der Waals surface area contributed by atoms with Crippen molar-refractivity contribution in [1.82, 2.24) is 10.2 Å². The topological polar surface area (TPSA) is 69.6 Å². The van der Waals surface area contributed by atoms with Gasteiger partial charge in [-0.3, -0.25) is 9.59 Å². The number of piperidine rings is 1. The average Bonchev–Trinajstić information content (AvgIpc) is 2.48. The number of likely N-dealkylation sites (tertiary alicyclic amines) is 1. The van der Waals surface area contributed by atoms with Crippen molar-refractivity contribution >= 4 is 11.8 Å². The van der Waals surface area contributed by atoms with Gasteiger partial charge < -0.3 is 15.3 Å². The van der Waals surface area contributed by atoms with Crippen LogP contribution in [-0.2, 0) is 16.1 Å². The van der Waals surface area contributed by atoms with Crippen LogP contribution in [0.1, 0.15) is 30.9 Å². The molecule has 6 heteroatoms. The van der Waals surface area contributed by atoms with Gasteiger partial charge in [0.25, 0.3) is 5.91 Å². The summed E-state index contributed by atoms with van der Waals surface area (Å²) in [6, 6.07) is 4.60. The van der Waals surface area contributed by atoms with E-state index in [9.17, 15) is 19.1 Å². The summed E-state index contributed by atoms with van der Waals surface area (Å²) in [4.78, 5) is 25.1. The van der Waals surface area contributed by atoms with E-state index in [2.05, 4.69) is 5.32 Å². The van der Waals surface area contributed by atoms with Crippen LogP contribution in [0.4, 0.5) is 4.39 Å². The molecule has 1 aliphatic heterocycles. The van der Waals surface area contributed by atoms with Crippen LogP contribution in [0, 0.1) is 12.7 Å². The van der Waals surface area contributed by atoms with Crippen molar-refractivity contribution in [2.45, 2.75) is 38.8 Å². The van der Waals surface area contributed by atoms with Crippen molar-refractivity contribution in [1.29, 1.82) is 0 Å². The van der Waals surface area contributed by atoms with E-state index < -0.39 is 11.5 Å². The summed E-state index contributed by atoms with van der Waals surface area (Å²) in [6.45, 7) is 3.85. The minimum atomic E-state index is -1.56. The Morgan fingerprint density at radius 3 is 2.82 bits per heavy atom. The molecule has 1 atom stereocenters. The molecule has 0 radical (unpaired) electrons. The molecule has 0 aliphatic carbocycles. The van der Waals surface area contributed by atoms with E-state index in [0.29, 0.717) is 24.9 Å². The molecule has 1 aliphatic rings. The van der Waals surface area contributed by atoms with Gasteiger partial charge in [0, 0.05) is 20.0 Å². The summed E-state index contributed by atoms with van der Waals surface area (Å²) in [5.41, 5.74) is -0.292. The number of nitrogens with zero attached hydrogens (tertiary/aromatic N) is 1. The maximum Gasteiger partial charge on any atom is 0.254 e. The highest BCUT2D eigenvalue weighted by Crippen LogP contribution is 2.21. The number of carbonyl (C=O) groups excluding carboxylic acids is 2. The van der Waals surface area contributed by atoms with Crippen molar-refractivity contribution in [3.8, 4) is 0 Å². The Labute approximate surface area is 129 Å². The van der Waals surface area contributed by atoms with Gasteiger partial charge in [-0.05, 0) is 37.0 Å². The van der Waals surface area contributed by atoms with Crippen molar-refractivity contribution < 1.29 is 19.1 Å². The standard InChI is InChI=1S/C16H21FN2O3/c1-11-8-13(4-5-14(11)17)9-18-15(21)16(22)6-3-7-19(10-16)12(2)20/h4-5,8,22H,3,6-7,9-10H2,1-2H3,(H,18,21)/t16-/m1/s1. The van der Waals surface area contributed by atoms with Crippen molar-refractivity contribution in [3.63, 3.8) is 0 Å². The van der Waals surface area contributed by atoms with E-state index >= 15 is 0 Å². The number of hydrogen-bond donors (Lipinski definition) is 2. The Bertz CT molecular complexity index is 591. The number of rotatable bonds is 3. The fraction of sp³-hybridized carbons (Fsp3) is 0.500. The molecule has 2 N–H and O–H groups in total. The van der Waals surface area contributed by atoms with Crippen LogP contribution in [0.25, 0.3) is 0 Å². The van der Waals surface area contributed by atoms with Gasteiger partial charge in [-0.25, -0.2) is 4.39 Å². The largest absolute Gasteiger partial charge is 0.378 e. The molecule has 1 fully saturated rings. The van der Waals surface area contributed by atoms with Gasteiger partial charge >= 0.3 is 0 Å². The zero-order chi connectivity index (χ0) is 16.3. The third-order valence-corrected chi connectivity index (χ3v) is 4.01. The van der Waals surface area contributed by atoms with Gasteiger partial charge in [-0.2, -0.15) is 0 Å². The maximum absolute atomic E-state index is 13.2. The Morgan fingerprint density at radius 2 is 2.18 bits per heavy atom. The molecule has 0 bridgehead atoms. The molecule has 1 heterocycles. The number of aryl methyl sites for hydroxylation is 1. The molecule has 1 aromatic carbocycles.